The maximum absolute atomic E-state index is 14.1. The van der Waals surface area contributed by atoms with Gasteiger partial charge in [-0.05, 0) is 60.1 Å². The Morgan fingerprint density at radius 3 is 2.67 bits per heavy atom. The van der Waals surface area contributed by atoms with Crippen LogP contribution in [0.3, 0.4) is 0 Å². The molecule has 21 heavy (non-hydrogen) atoms. The number of aromatic nitrogens is 1. The molecule has 0 saturated carbocycles. The van der Waals surface area contributed by atoms with Crippen molar-refractivity contribution in [3.05, 3.63) is 63.4 Å². The first kappa shape index (κ1) is 16.0. The normalized spacial score (nSPS) is 12.4. The Morgan fingerprint density at radius 2 is 2.00 bits per heavy atom. The van der Waals surface area contributed by atoms with Gasteiger partial charge in [0.15, 0.2) is 0 Å². The van der Waals surface area contributed by atoms with Crippen molar-refractivity contribution in [2.45, 2.75) is 26.3 Å². The van der Waals surface area contributed by atoms with Gasteiger partial charge in [-0.25, -0.2) is 8.78 Å². The quantitative estimate of drug-likeness (QED) is 0.808. The second-order valence-electron chi connectivity index (χ2n) is 4.84. The van der Waals surface area contributed by atoms with Crippen molar-refractivity contribution in [1.29, 1.82) is 0 Å². The van der Waals surface area contributed by atoms with E-state index < -0.39 is 11.6 Å². The van der Waals surface area contributed by atoms with Crippen molar-refractivity contribution in [2.24, 2.45) is 0 Å². The zero-order valence-electron chi connectivity index (χ0n) is 12.0. The highest BCUT2D eigenvalue weighted by Gasteiger charge is 2.19. The minimum Gasteiger partial charge on any atom is -0.309 e. The van der Waals surface area contributed by atoms with Crippen LogP contribution in [0.4, 0.5) is 8.78 Å². The number of aryl methyl sites for hydroxylation is 1. The molecule has 0 fully saturated rings. The molecule has 2 rings (SSSR count). The molecule has 1 unspecified atom stereocenters. The van der Waals surface area contributed by atoms with Crippen molar-refractivity contribution < 1.29 is 8.78 Å². The molecule has 2 nitrogen and oxygen atoms in total. The molecule has 0 amide bonds. The number of rotatable bonds is 5. The second-order valence-corrected chi connectivity index (χ2v) is 5.69. The highest BCUT2D eigenvalue weighted by atomic mass is 79.9. The lowest BCUT2D eigenvalue weighted by atomic mass is 10.0. The average Bonchev–Trinajstić information content (AvgIpc) is 2.46. The summed E-state index contributed by atoms with van der Waals surface area (Å²) in [6.45, 7) is 4.54. The van der Waals surface area contributed by atoms with Gasteiger partial charge in [-0.3, -0.25) is 4.98 Å². The first-order valence-electron chi connectivity index (χ1n) is 6.82. The van der Waals surface area contributed by atoms with E-state index in [1.54, 1.807) is 0 Å². The summed E-state index contributed by atoms with van der Waals surface area (Å²) in [5, 5.41) is 3.24. The van der Waals surface area contributed by atoms with Crippen LogP contribution in [0.25, 0.3) is 0 Å². The Labute approximate surface area is 131 Å². The zero-order chi connectivity index (χ0) is 15.4. The molecule has 0 aliphatic heterocycles. The Bertz CT molecular complexity index is 632. The Kier molecular flexibility index (Phi) is 5.42. The summed E-state index contributed by atoms with van der Waals surface area (Å²) >= 11 is 3.10. The van der Waals surface area contributed by atoms with E-state index in [4.69, 9.17) is 0 Å². The van der Waals surface area contributed by atoms with Crippen LogP contribution in [0.2, 0.25) is 0 Å². The van der Waals surface area contributed by atoms with Crippen molar-refractivity contribution in [3.63, 3.8) is 0 Å². The first-order chi connectivity index (χ1) is 10.0. The third-order valence-electron chi connectivity index (χ3n) is 3.26. The molecular weight excluding hydrogens is 338 g/mol. The molecule has 1 heterocycles. The van der Waals surface area contributed by atoms with Gasteiger partial charge in [0.1, 0.15) is 11.6 Å². The molecule has 1 aromatic heterocycles. The van der Waals surface area contributed by atoms with E-state index in [2.05, 4.69) is 26.2 Å². The standard InChI is InChI=1S/C16H17BrF2N2/c1-3-20-15(14-6-4-5-10(2)21-14)9-11-13(18)8-7-12(17)16(11)19/h4-8,15,20H,3,9H2,1-2H3. The Morgan fingerprint density at radius 1 is 1.24 bits per heavy atom. The summed E-state index contributed by atoms with van der Waals surface area (Å²) in [7, 11) is 0. The average molecular weight is 355 g/mol. The van der Waals surface area contributed by atoms with E-state index in [-0.39, 0.29) is 22.5 Å². The predicted octanol–water partition coefficient (Wildman–Crippen LogP) is 4.32. The van der Waals surface area contributed by atoms with Crippen molar-refractivity contribution >= 4 is 15.9 Å². The van der Waals surface area contributed by atoms with Gasteiger partial charge >= 0.3 is 0 Å². The topological polar surface area (TPSA) is 24.9 Å². The van der Waals surface area contributed by atoms with Crippen LogP contribution in [0.1, 0.15) is 29.9 Å². The fourth-order valence-electron chi connectivity index (χ4n) is 2.25. The molecule has 1 N–H and O–H groups in total. The lowest BCUT2D eigenvalue weighted by Gasteiger charge is -2.19. The number of benzene rings is 1. The minimum atomic E-state index is -0.550. The second kappa shape index (κ2) is 7.09. The summed E-state index contributed by atoms with van der Waals surface area (Å²) in [6.07, 6.45) is 0.210. The third-order valence-corrected chi connectivity index (χ3v) is 3.88. The number of pyridine rings is 1. The van der Waals surface area contributed by atoms with Gasteiger partial charge in [0.05, 0.1) is 16.2 Å². The largest absolute Gasteiger partial charge is 0.309 e. The molecule has 112 valence electrons. The van der Waals surface area contributed by atoms with Crippen LogP contribution >= 0.6 is 15.9 Å². The van der Waals surface area contributed by atoms with E-state index in [1.165, 1.54) is 12.1 Å². The smallest absolute Gasteiger partial charge is 0.143 e. The lowest BCUT2D eigenvalue weighted by Crippen LogP contribution is -2.25. The van der Waals surface area contributed by atoms with Crippen LogP contribution in [0.15, 0.2) is 34.8 Å². The Balaban J connectivity index is 2.35. The van der Waals surface area contributed by atoms with Gasteiger partial charge in [-0.15, -0.1) is 0 Å². The maximum atomic E-state index is 14.1. The number of halogens is 3. The van der Waals surface area contributed by atoms with Gasteiger partial charge in [-0.2, -0.15) is 0 Å². The molecule has 5 heteroatoms. The van der Waals surface area contributed by atoms with Crippen LogP contribution in [0, 0.1) is 18.6 Å². The summed E-state index contributed by atoms with van der Waals surface area (Å²) in [5.74, 6) is -1.09. The first-order valence-corrected chi connectivity index (χ1v) is 7.61. The molecule has 1 atom stereocenters. The fraction of sp³-hybridized carbons (Fsp3) is 0.312. The van der Waals surface area contributed by atoms with E-state index in [1.807, 2.05) is 32.0 Å². The van der Waals surface area contributed by atoms with Crippen molar-refractivity contribution in [1.82, 2.24) is 10.3 Å². The van der Waals surface area contributed by atoms with E-state index in [0.29, 0.717) is 6.54 Å². The van der Waals surface area contributed by atoms with Crippen LogP contribution in [0.5, 0.6) is 0 Å². The monoisotopic (exact) mass is 354 g/mol. The number of hydrogen-bond donors (Lipinski definition) is 1. The zero-order valence-corrected chi connectivity index (χ0v) is 13.5. The van der Waals surface area contributed by atoms with Gasteiger partial charge in [-0.1, -0.05) is 13.0 Å². The van der Waals surface area contributed by atoms with Crippen LogP contribution < -0.4 is 5.32 Å². The van der Waals surface area contributed by atoms with E-state index >= 15 is 0 Å². The SMILES string of the molecule is CCNC(Cc1c(F)ccc(Br)c1F)c1cccc(C)n1. The summed E-state index contributed by atoms with van der Waals surface area (Å²) in [6, 6.07) is 8.08. The molecular formula is C16H17BrF2N2. The van der Waals surface area contributed by atoms with Crippen LogP contribution in [-0.4, -0.2) is 11.5 Å². The third kappa shape index (κ3) is 3.86. The van der Waals surface area contributed by atoms with Gasteiger partial charge in [0, 0.05) is 11.3 Å². The number of nitrogens with zero attached hydrogens (tertiary/aromatic N) is 1. The summed E-state index contributed by atoms with van der Waals surface area (Å²) in [5.41, 5.74) is 1.74. The van der Waals surface area contributed by atoms with Gasteiger partial charge < -0.3 is 5.32 Å². The van der Waals surface area contributed by atoms with Gasteiger partial charge in [0.25, 0.3) is 0 Å². The molecule has 0 saturated heterocycles. The molecule has 0 spiro atoms. The molecule has 0 bridgehead atoms. The number of hydrogen-bond acceptors (Lipinski definition) is 2. The highest BCUT2D eigenvalue weighted by molar-refractivity contribution is 9.10. The predicted molar refractivity (Wildman–Crippen MR) is 83.2 cm³/mol. The molecule has 0 aliphatic rings. The molecule has 0 aliphatic carbocycles. The molecule has 0 radical (unpaired) electrons. The minimum absolute atomic E-state index is 0.0682. The Hall–Kier alpha value is -1.33. The maximum Gasteiger partial charge on any atom is 0.143 e. The fourth-order valence-corrected chi connectivity index (χ4v) is 2.62. The molecule has 1 aromatic carbocycles. The van der Waals surface area contributed by atoms with E-state index in [9.17, 15) is 8.78 Å². The van der Waals surface area contributed by atoms with Crippen molar-refractivity contribution in [3.8, 4) is 0 Å². The number of likely N-dealkylation sites (N-methyl/N-ethyl adjacent to an activating group) is 1. The summed E-state index contributed by atoms with van der Waals surface area (Å²) in [4.78, 5) is 4.45. The number of nitrogens with one attached hydrogen (secondary N) is 1. The molecule has 2 aromatic rings. The lowest BCUT2D eigenvalue weighted by molar-refractivity contribution is 0.490. The van der Waals surface area contributed by atoms with Crippen LogP contribution in [-0.2, 0) is 6.42 Å². The highest BCUT2D eigenvalue weighted by Crippen LogP contribution is 2.26. The summed E-state index contributed by atoms with van der Waals surface area (Å²) < 4.78 is 28.3. The van der Waals surface area contributed by atoms with Crippen molar-refractivity contribution in [2.75, 3.05) is 6.54 Å². The van der Waals surface area contributed by atoms with E-state index in [0.717, 1.165) is 11.4 Å². The van der Waals surface area contributed by atoms with Gasteiger partial charge in [0.2, 0.25) is 0 Å².